The molecule has 6 nitrogen and oxygen atoms in total. The van der Waals surface area contributed by atoms with Crippen LogP contribution in [0.4, 0.5) is 10.8 Å². The van der Waals surface area contributed by atoms with Gasteiger partial charge < -0.3 is 11.1 Å². The number of aromatic nitrogens is 1. The summed E-state index contributed by atoms with van der Waals surface area (Å²) in [5.74, 6) is -0.112. The number of nitrogens with two attached hydrogens (primary N) is 1. The number of rotatable bonds is 3. The molecule has 1 fully saturated rings. The predicted octanol–water partition coefficient (Wildman–Crippen LogP) is 1.84. The summed E-state index contributed by atoms with van der Waals surface area (Å²) in [4.78, 5) is 21.7. The zero-order valence-corrected chi connectivity index (χ0v) is 11.8. The van der Waals surface area contributed by atoms with Crippen LogP contribution in [0.15, 0.2) is 18.2 Å². The van der Waals surface area contributed by atoms with E-state index in [0.717, 1.165) is 29.6 Å². The average molecular weight is 292 g/mol. The summed E-state index contributed by atoms with van der Waals surface area (Å²) in [6.07, 6.45) is 2.12. The second-order valence-electron chi connectivity index (χ2n) is 4.70. The highest BCUT2D eigenvalue weighted by molar-refractivity contribution is 7.22. The number of carbonyl (C=O) groups is 1. The lowest BCUT2D eigenvalue weighted by Crippen LogP contribution is -2.36. The molecule has 3 N–H and O–H groups in total. The van der Waals surface area contributed by atoms with Crippen molar-refractivity contribution in [2.45, 2.75) is 12.8 Å². The molecular weight excluding hydrogens is 276 g/mol. The summed E-state index contributed by atoms with van der Waals surface area (Å²) in [6, 6.07) is 5.51. The maximum atomic E-state index is 11.9. The third kappa shape index (κ3) is 3.06. The largest absolute Gasteiger partial charge is 0.399 e. The third-order valence-electron chi connectivity index (χ3n) is 3.05. The number of nitrogens with one attached hydrogen (secondary N) is 1. The highest BCUT2D eigenvalue weighted by Gasteiger charge is 2.16. The van der Waals surface area contributed by atoms with Crippen molar-refractivity contribution < 1.29 is 9.63 Å². The molecule has 106 valence electrons. The number of thiazole rings is 1. The number of amides is 1. The van der Waals surface area contributed by atoms with Crippen molar-refractivity contribution in [3.8, 4) is 0 Å². The first-order valence-corrected chi connectivity index (χ1v) is 7.36. The van der Waals surface area contributed by atoms with Crippen LogP contribution >= 0.6 is 11.3 Å². The van der Waals surface area contributed by atoms with E-state index in [4.69, 9.17) is 10.6 Å². The number of hydrogen-bond donors (Lipinski definition) is 2. The van der Waals surface area contributed by atoms with E-state index >= 15 is 0 Å². The van der Waals surface area contributed by atoms with Gasteiger partial charge in [-0.2, -0.15) is 5.06 Å². The van der Waals surface area contributed by atoms with Crippen molar-refractivity contribution in [2.24, 2.45) is 0 Å². The standard InChI is InChI=1S/C13H16N4O2S/c14-9-3-4-10-11(7-9)20-13(15-10)16-12(18)8-17-5-1-2-6-19-17/h3-4,7H,1-2,5-6,8,14H2,(H,15,16,18). The molecule has 0 bridgehead atoms. The molecule has 0 aliphatic carbocycles. The number of hydroxylamine groups is 2. The molecule has 3 rings (SSSR count). The van der Waals surface area contributed by atoms with Gasteiger partial charge in [0.05, 0.1) is 16.8 Å². The van der Waals surface area contributed by atoms with Gasteiger partial charge >= 0.3 is 0 Å². The first kappa shape index (κ1) is 13.3. The Bertz CT molecular complexity index is 622. The van der Waals surface area contributed by atoms with Crippen LogP contribution < -0.4 is 11.1 Å². The van der Waals surface area contributed by atoms with Crippen molar-refractivity contribution in [3.05, 3.63) is 18.2 Å². The monoisotopic (exact) mass is 292 g/mol. The zero-order valence-electron chi connectivity index (χ0n) is 11.0. The molecule has 0 atom stereocenters. The lowest BCUT2D eigenvalue weighted by Gasteiger charge is -2.24. The lowest BCUT2D eigenvalue weighted by atomic mass is 10.3. The minimum Gasteiger partial charge on any atom is -0.399 e. The maximum Gasteiger partial charge on any atom is 0.242 e. The van der Waals surface area contributed by atoms with Gasteiger partial charge in [0, 0.05) is 12.2 Å². The zero-order chi connectivity index (χ0) is 13.9. The number of fused-ring (bicyclic) bond motifs is 1. The Hall–Kier alpha value is -1.70. The van der Waals surface area contributed by atoms with E-state index in [1.54, 1.807) is 11.1 Å². The molecule has 0 radical (unpaired) electrons. The van der Waals surface area contributed by atoms with Crippen LogP contribution in [0.1, 0.15) is 12.8 Å². The summed E-state index contributed by atoms with van der Waals surface area (Å²) >= 11 is 1.42. The molecule has 1 aliphatic rings. The Labute approximate surface area is 120 Å². The second-order valence-corrected chi connectivity index (χ2v) is 5.73. The van der Waals surface area contributed by atoms with E-state index < -0.39 is 0 Å². The van der Waals surface area contributed by atoms with Gasteiger partial charge in [-0.15, -0.1) is 0 Å². The van der Waals surface area contributed by atoms with E-state index in [1.807, 2.05) is 12.1 Å². The Morgan fingerprint density at radius 1 is 1.50 bits per heavy atom. The molecule has 0 saturated carbocycles. The lowest BCUT2D eigenvalue weighted by molar-refractivity contribution is -0.182. The molecule has 1 amide bonds. The van der Waals surface area contributed by atoms with Gasteiger partial charge in [-0.1, -0.05) is 11.3 Å². The fourth-order valence-electron chi connectivity index (χ4n) is 2.09. The quantitative estimate of drug-likeness (QED) is 0.844. The number of benzene rings is 1. The number of carbonyl (C=O) groups excluding carboxylic acids is 1. The highest BCUT2D eigenvalue weighted by Crippen LogP contribution is 2.27. The van der Waals surface area contributed by atoms with Crippen molar-refractivity contribution in [1.82, 2.24) is 10.0 Å². The Morgan fingerprint density at radius 2 is 2.40 bits per heavy atom. The highest BCUT2D eigenvalue weighted by atomic mass is 32.1. The fourth-order valence-corrected chi connectivity index (χ4v) is 3.02. The number of nitrogen functional groups attached to an aromatic ring is 1. The first-order chi connectivity index (χ1) is 9.70. The summed E-state index contributed by atoms with van der Waals surface area (Å²) < 4.78 is 0.967. The Balaban J connectivity index is 1.64. The van der Waals surface area contributed by atoms with Crippen LogP contribution in [0.3, 0.4) is 0 Å². The van der Waals surface area contributed by atoms with Crippen LogP contribution in [-0.2, 0) is 9.63 Å². The van der Waals surface area contributed by atoms with E-state index in [-0.39, 0.29) is 12.5 Å². The van der Waals surface area contributed by atoms with Crippen molar-refractivity contribution >= 4 is 38.3 Å². The predicted molar refractivity (Wildman–Crippen MR) is 79.4 cm³/mol. The van der Waals surface area contributed by atoms with Crippen molar-refractivity contribution in [2.75, 3.05) is 30.7 Å². The van der Waals surface area contributed by atoms with Gasteiger partial charge in [0.25, 0.3) is 0 Å². The number of nitrogens with zero attached hydrogens (tertiary/aromatic N) is 2. The smallest absolute Gasteiger partial charge is 0.242 e. The van der Waals surface area contributed by atoms with E-state index in [9.17, 15) is 4.79 Å². The fraction of sp³-hybridized carbons (Fsp3) is 0.385. The molecule has 2 aromatic rings. The first-order valence-electron chi connectivity index (χ1n) is 6.54. The maximum absolute atomic E-state index is 11.9. The van der Waals surface area contributed by atoms with Gasteiger partial charge in [-0.05, 0) is 31.0 Å². The molecule has 1 saturated heterocycles. The van der Waals surface area contributed by atoms with Crippen LogP contribution in [0, 0.1) is 0 Å². The Kier molecular flexibility index (Phi) is 3.81. The summed E-state index contributed by atoms with van der Waals surface area (Å²) in [6.45, 7) is 1.72. The van der Waals surface area contributed by atoms with E-state index in [2.05, 4.69) is 10.3 Å². The van der Waals surface area contributed by atoms with Crippen LogP contribution in [0.2, 0.25) is 0 Å². The van der Waals surface area contributed by atoms with Crippen molar-refractivity contribution in [1.29, 1.82) is 0 Å². The summed E-state index contributed by atoms with van der Waals surface area (Å²) in [5.41, 5.74) is 7.26. The summed E-state index contributed by atoms with van der Waals surface area (Å²) in [5, 5.41) is 5.09. The topological polar surface area (TPSA) is 80.5 Å². The van der Waals surface area contributed by atoms with Gasteiger partial charge in [0.15, 0.2) is 5.13 Å². The van der Waals surface area contributed by atoms with Gasteiger partial charge in [0.1, 0.15) is 6.54 Å². The molecular formula is C13H16N4O2S. The van der Waals surface area contributed by atoms with Crippen LogP contribution in [-0.4, -0.2) is 35.7 Å². The number of hydrogen-bond acceptors (Lipinski definition) is 6. The molecule has 0 spiro atoms. The minimum atomic E-state index is -0.112. The molecule has 20 heavy (non-hydrogen) atoms. The van der Waals surface area contributed by atoms with E-state index in [0.29, 0.717) is 17.4 Å². The minimum absolute atomic E-state index is 0.112. The SMILES string of the molecule is Nc1ccc2nc(NC(=O)CN3CCCCO3)sc2c1. The molecule has 2 heterocycles. The van der Waals surface area contributed by atoms with Gasteiger partial charge in [-0.25, -0.2) is 4.98 Å². The second kappa shape index (κ2) is 5.74. The van der Waals surface area contributed by atoms with Crippen LogP contribution in [0.5, 0.6) is 0 Å². The van der Waals surface area contributed by atoms with E-state index in [1.165, 1.54) is 11.3 Å². The molecule has 0 unspecified atom stereocenters. The molecule has 1 aliphatic heterocycles. The van der Waals surface area contributed by atoms with Gasteiger partial charge in [-0.3, -0.25) is 9.63 Å². The Morgan fingerprint density at radius 3 is 3.20 bits per heavy atom. The number of anilines is 2. The average Bonchev–Trinajstić information content (AvgIpc) is 2.80. The normalized spacial score (nSPS) is 16.4. The molecule has 1 aromatic heterocycles. The molecule has 1 aromatic carbocycles. The summed E-state index contributed by atoms with van der Waals surface area (Å²) in [7, 11) is 0. The van der Waals surface area contributed by atoms with Gasteiger partial charge in [0.2, 0.25) is 5.91 Å². The van der Waals surface area contributed by atoms with Crippen molar-refractivity contribution in [3.63, 3.8) is 0 Å². The van der Waals surface area contributed by atoms with Crippen LogP contribution in [0.25, 0.3) is 10.2 Å². The third-order valence-corrected chi connectivity index (χ3v) is 3.99. The molecule has 7 heteroatoms.